The van der Waals surface area contributed by atoms with Crippen LogP contribution < -0.4 is 10.2 Å². The van der Waals surface area contributed by atoms with Gasteiger partial charge in [0.05, 0.1) is 16.2 Å². The molecule has 0 bridgehead atoms. The molecule has 2 saturated heterocycles. The van der Waals surface area contributed by atoms with Crippen molar-refractivity contribution in [2.45, 2.75) is 44.6 Å². The van der Waals surface area contributed by atoms with E-state index in [0.29, 0.717) is 65.4 Å². The highest BCUT2D eigenvalue weighted by atomic mass is 35.5. The number of aryl methyl sites for hydroxylation is 1. The van der Waals surface area contributed by atoms with Crippen molar-refractivity contribution in [3.05, 3.63) is 112 Å². The second-order valence-electron chi connectivity index (χ2n) is 15.4. The van der Waals surface area contributed by atoms with Crippen LogP contribution in [0.1, 0.15) is 70.0 Å². The van der Waals surface area contributed by atoms with Crippen LogP contribution in [0.2, 0.25) is 5.02 Å². The van der Waals surface area contributed by atoms with Gasteiger partial charge in [-0.3, -0.25) is 34.1 Å². The number of hydrogen-bond donors (Lipinski definition) is 2. The number of imide groups is 1. The fourth-order valence-corrected chi connectivity index (χ4v) is 8.44. The van der Waals surface area contributed by atoms with Crippen LogP contribution in [0.4, 0.5) is 14.9 Å². The molecule has 13 nitrogen and oxygen atoms in total. The first-order valence-electron chi connectivity index (χ1n) is 19.8. The second-order valence-corrected chi connectivity index (χ2v) is 15.8. The Bertz CT molecular complexity index is 2490. The van der Waals surface area contributed by atoms with Crippen molar-refractivity contribution in [2.75, 3.05) is 51.7 Å². The van der Waals surface area contributed by atoms with E-state index in [1.165, 1.54) is 9.80 Å². The van der Waals surface area contributed by atoms with Crippen LogP contribution in [0, 0.1) is 5.82 Å². The summed E-state index contributed by atoms with van der Waals surface area (Å²) in [5.41, 5.74) is 5.12. The molecule has 3 aromatic carbocycles. The number of aromatic amines is 1. The molecule has 3 aliphatic heterocycles. The Morgan fingerprint density at radius 1 is 0.949 bits per heavy atom. The number of piperidine rings is 1. The molecule has 5 heterocycles. The number of aromatic nitrogens is 3. The number of fused-ring (bicyclic) bond motifs is 1. The standard InChI is InChI=1S/C44H44ClFN8O5/c1-50(2)43(58)36-25-34-32(24-33(40(46)41(34)48-36)31-5-3-17-52(26-31)39(56)15-21-53-18-4-16-47-53)29-8-6-27(7-9-29)28-12-19-51(20-13-28)42(57)30-10-11-35(45)37(23-30)54-22-14-38(55)49-44(54)59/h4-11,16,18,23-25,28,48H,3,12-15,17,19-22,26H2,1-2H3,(H,49,55,59). The van der Waals surface area contributed by atoms with Crippen molar-refractivity contribution in [1.82, 2.24) is 34.8 Å². The molecular weight excluding hydrogens is 775 g/mol. The summed E-state index contributed by atoms with van der Waals surface area (Å²) in [6, 6.07) is 17.8. The van der Waals surface area contributed by atoms with Crippen LogP contribution in [0.25, 0.3) is 27.6 Å². The van der Waals surface area contributed by atoms with Gasteiger partial charge in [0.2, 0.25) is 11.8 Å². The van der Waals surface area contributed by atoms with Crippen LogP contribution in [0.3, 0.4) is 0 Å². The molecule has 2 aromatic heterocycles. The highest BCUT2D eigenvalue weighted by molar-refractivity contribution is 6.34. The number of carbonyl (C=O) groups excluding carboxylic acids is 5. The quantitative estimate of drug-likeness (QED) is 0.170. The van der Waals surface area contributed by atoms with Gasteiger partial charge >= 0.3 is 6.03 Å². The minimum absolute atomic E-state index is 0.0283. The van der Waals surface area contributed by atoms with Crippen LogP contribution in [-0.2, 0) is 16.1 Å². The Labute approximate surface area is 345 Å². The fourth-order valence-electron chi connectivity index (χ4n) is 8.22. The minimum atomic E-state index is -0.569. The first kappa shape index (κ1) is 39.5. The van der Waals surface area contributed by atoms with Crippen LogP contribution in [-0.4, -0.2) is 106 Å². The van der Waals surface area contributed by atoms with E-state index in [2.05, 4.69) is 27.5 Å². The number of nitrogens with one attached hydrogen (secondary N) is 2. The van der Waals surface area contributed by atoms with E-state index in [1.807, 2.05) is 36.5 Å². The summed E-state index contributed by atoms with van der Waals surface area (Å²) in [5.74, 6) is -1.08. The van der Waals surface area contributed by atoms with E-state index >= 15 is 4.39 Å². The van der Waals surface area contributed by atoms with Gasteiger partial charge in [-0.1, -0.05) is 41.9 Å². The number of hydrogen-bond acceptors (Lipinski definition) is 6. The van der Waals surface area contributed by atoms with Gasteiger partial charge in [-0.15, -0.1) is 0 Å². The summed E-state index contributed by atoms with van der Waals surface area (Å²) in [5, 5.41) is 7.38. The van der Waals surface area contributed by atoms with Crippen LogP contribution in [0.15, 0.2) is 79.1 Å². The lowest BCUT2D eigenvalue weighted by atomic mass is 9.87. The molecule has 15 heteroatoms. The Balaban J connectivity index is 1.00. The Morgan fingerprint density at radius 2 is 1.73 bits per heavy atom. The molecule has 0 unspecified atom stereocenters. The van der Waals surface area contributed by atoms with E-state index in [-0.39, 0.29) is 66.7 Å². The van der Waals surface area contributed by atoms with Gasteiger partial charge in [-0.2, -0.15) is 5.10 Å². The van der Waals surface area contributed by atoms with Crippen molar-refractivity contribution < 1.29 is 28.4 Å². The van der Waals surface area contributed by atoms with Crippen LogP contribution >= 0.6 is 11.6 Å². The highest BCUT2D eigenvalue weighted by Crippen LogP contribution is 2.38. The maximum absolute atomic E-state index is 16.6. The number of nitrogens with zero attached hydrogens (tertiary/aromatic N) is 6. The van der Waals surface area contributed by atoms with Crippen molar-refractivity contribution in [3.8, 4) is 11.1 Å². The van der Waals surface area contributed by atoms with Crippen molar-refractivity contribution in [2.24, 2.45) is 0 Å². The molecular formula is C44H44ClFN8O5. The molecule has 59 heavy (non-hydrogen) atoms. The monoisotopic (exact) mass is 818 g/mol. The number of benzene rings is 3. The average molecular weight is 819 g/mol. The summed E-state index contributed by atoms with van der Waals surface area (Å²) in [7, 11) is 3.30. The Morgan fingerprint density at radius 3 is 2.44 bits per heavy atom. The molecule has 2 N–H and O–H groups in total. The fraction of sp³-hybridized carbons (Fsp3) is 0.318. The number of anilines is 1. The van der Waals surface area contributed by atoms with E-state index in [1.54, 1.807) is 59.0 Å². The normalized spacial score (nSPS) is 16.3. The zero-order valence-electron chi connectivity index (χ0n) is 32.8. The van der Waals surface area contributed by atoms with Crippen LogP contribution in [0.5, 0.6) is 0 Å². The third kappa shape index (κ3) is 8.09. The Hall–Kier alpha value is -6.28. The molecule has 3 aliphatic rings. The van der Waals surface area contributed by atoms with E-state index < -0.39 is 11.8 Å². The summed E-state index contributed by atoms with van der Waals surface area (Å²) >= 11 is 6.42. The predicted molar refractivity (Wildman–Crippen MR) is 223 cm³/mol. The van der Waals surface area contributed by atoms with Gasteiger partial charge in [-0.05, 0) is 83.8 Å². The molecule has 6 amide bonds. The average Bonchev–Trinajstić information content (AvgIpc) is 3.95. The number of halogens is 2. The summed E-state index contributed by atoms with van der Waals surface area (Å²) in [6.07, 6.45) is 7.98. The maximum Gasteiger partial charge on any atom is 0.328 e. The topological polar surface area (TPSA) is 144 Å². The van der Waals surface area contributed by atoms with E-state index in [4.69, 9.17) is 11.6 Å². The SMILES string of the molecule is CN(C)C(=O)c1cc2c(-c3ccc(C4CCN(C(=O)c5ccc(Cl)c(N6CCC(=O)NC6=O)c5)CC4)cc3)cc(C3=CCCN(C(=O)CCn4cccn4)C3)c(F)c2[nH]1. The van der Waals surface area contributed by atoms with Gasteiger partial charge in [-0.25, -0.2) is 9.18 Å². The van der Waals surface area contributed by atoms with Crippen molar-refractivity contribution >= 4 is 63.4 Å². The van der Waals surface area contributed by atoms with Gasteiger partial charge in [0.15, 0.2) is 5.82 Å². The van der Waals surface area contributed by atoms with E-state index in [9.17, 15) is 24.0 Å². The molecule has 5 aromatic rings. The third-order valence-corrected chi connectivity index (χ3v) is 11.8. The molecule has 2 fully saturated rings. The van der Waals surface area contributed by atoms with Crippen molar-refractivity contribution in [3.63, 3.8) is 0 Å². The highest BCUT2D eigenvalue weighted by Gasteiger charge is 2.30. The van der Waals surface area contributed by atoms with E-state index in [0.717, 1.165) is 29.5 Å². The smallest absolute Gasteiger partial charge is 0.328 e. The number of rotatable bonds is 9. The van der Waals surface area contributed by atoms with Gasteiger partial charge in [0, 0.05) is 95.1 Å². The second kappa shape index (κ2) is 16.5. The number of H-pyrrole nitrogens is 1. The molecule has 0 saturated carbocycles. The molecule has 0 spiro atoms. The number of amides is 6. The van der Waals surface area contributed by atoms with Gasteiger partial charge in [0.1, 0.15) is 5.69 Å². The number of carbonyl (C=O) groups is 5. The molecule has 8 rings (SSSR count). The van der Waals surface area contributed by atoms with Gasteiger partial charge < -0.3 is 19.7 Å². The third-order valence-electron chi connectivity index (χ3n) is 11.5. The summed E-state index contributed by atoms with van der Waals surface area (Å²) in [6.45, 7) is 2.51. The lowest BCUT2D eigenvalue weighted by Gasteiger charge is -2.33. The zero-order chi connectivity index (χ0) is 41.4. The van der Waals surface area contributed by atoms with Crippen molar-refractivity contribution in [1.29, 1.82) is 0 Å². The summed E-state index contributed by atoms with van der Waals surface area (Å²) < 4.78 is 18.3. The molecule has 0 aliphatic carbocycles. The first-order valence-corrected chi connectivity index (χ1v) is 20.1. The lowest BCUT2D eigenvalue weighted by Crippen LogP contribution is -2.49. The molecule has 0 radical (unpaired) electrons. The molecule has 0 atom stereocenters. The van der Waals surface area contributed by atoms with Gasteiger partial charge in [0.25, 0.3) is 11.8 Å². The maximum atomic E-state index is 16.6. The molecule has 304 valence electrons. The Kier molecular flexibility index (Phi) is 11.1. The largest absolute Gasteiger partial charge is 0.348 e. The number of likely N-dealkylation sites (tertiary alicyclic amines) is 1. The summed E-state index contributed by atoms with van der Waals surface area (Å²) in [4.78, 5) is 73.5. The first-order chi connectivity index (χ1) is 28.4. The minimum Gasteiger partial charge on any atom is -0.348 e. The number of urea groups is 1. The zero-order valence-corrected chi connectivity index (χ0v) is 33.6. The predicted octanol–water partition coefficient (Wildman–Crippen LogP) is 6.70. The lowest BCUT2D eigenvalue weighted by molar-refractivity contribution is -0.131.